The molecule has 1 N–H and O–H groups in total. The molecule has 1 unspecified atom stereocenters. The average molecular weight is 310 g/mol. The van der Waals surface area contributed by atoms with E-state index >= 15 is 0 Å². The van der Waals surface area contributed by atoms with Crippen LogP contribution < -0.4 is 5.32 Å². The van der Waals surface area contributed by atoms with Gasteiger partial charge >= 0.3 is 0 Å². The molecule has 0 spiro atoms. The van der Waals surface area contributed by atoms with Crippen LogP contribution in [0.15, 0.2) is 23.1 Å². The minimum absolute atomic E-state index is 0.0779. The fraction of sp³-hybridized carbons (Fsp3) is 0.533. The molecule has 116 valence electrons. The number of carbonyl (C=O) groups is 1. The van der Waals surface area contributed by atoms with Gasteiger partial charge in [-0.1, -0.05) is 31.5 Å². The van der Waals surface area contributed by atoms with E-state index in [0.717, 1.165) is 5.56 Å². The lowest BCUT2D eigenvalue weighted by Gasteiger charge is -2.36. The van der Waals surface area contributed by atoms with Crippen LogP contribution in [0.5, 0.6) is 0 Å². The Hall–Kier alpha value is -1.40. The normalized spacial score (nSPS) is 20.6. The smallest absolute Gasteiger partial charge is 0.244 e. The molecule has 0 saturated carbocycles. The lowest BCUT2D eigenvalue weighted by molar-refractivity contribution is -0.128. The molecule has 1 aliphatic heterocycles. The number of benzene rings is 1. The van der Waals surface area contributed by atoms with Crippen molar-refractivity contribution in [3.8, 4) is 0 Å². The third-order valence-corrected chi connectivity index (χ3v) is 5.80. The van der Waals surface area contributed by atoms with Crippen LogP contribution in [0.4, 0.5) is 0 Å². The molecule has 1 heterocycles. The Morgan fingerprint density at radius 1 is 1.29 bits per heavy atom. The van der Waals surface area contributed by atoms with E-state index in [1.165, 1.54) is 4.31 Å². The molecule has 2 rings (SSSR count). The van der Waals surface area contributed by atoms with E-state index < -0.39 is 16.1 Å². The van der Waals surface area contributed by atoms with Gasteiger partial charge < -0.3 is 5.32 Å². The highest BCUT2D eigenvalue weighted by Crippen LogP contribution is 2.26. The van der Waals surface area contributed by atoms with Gasteiger partial charge in [0, 0.05) is 13.1 Å². The van der Waals surface area contributed by atoms with Crippen molar-refractivity contribution < 1.29 is 13.2 Å². The van der Waals surface area contributed by atoms with E-state index in [-0.39, 0.29) is 16.7 Å². The second-order valence-corrected chi connectivity index (χ2v) is 7.72. The molecule has 1 atom stereocenters. The molecule has 21 heavy (non-hydrogen) atoms. The number of hydrogen-bond acceptors (Lipinski definition) is 3. The quantitative estimate of drug-likeness (QED) is 0.919. The summed E-state index contributed by atoms with van der Waals surface area (Å²) in [7, 11) is -3.66. The number of piperazine rings is 1. The number of carbonyl (C=O) groups excluding carboxylic acids is 1. The third-order valence-electron chi connectivity index (χ3n) is 3.76. The average Bonchev–Trinajstić information content (AvgIpc) is 2.37. The topological polar surface area (TPSA) is 66.5 Å². The molecular weight excluding hydrogens is 288 g/mol. The summed E-state index contributed by atoms with van der Waals surface area (Å²) in [6.07, 6.45) is 0. The maximum absolute atomic E-state index is 12.9. The largest absolute Gasteiger partial charge is 0.353 e. The second-order valence-electron chi connectivity index (χ2n) is 5.86. The fourth-order valence-electron chi connectivity index (χ4n) is 2.78. The number of sulfonamides is 1. The maximum Gasteiger partial charge on any atom is 0.244 e. The van der Waals surface area contributed by atoms with E-state index in [9.17, 15) is 13.2 Å². The van der Waals surface area contributed by atoms with E-state index in [1.54, 1.807) is 19.1 Å². The number of nitrogens with zero attached hydrogens (tertiary/aromatic N) is 1. The van der Waals surface area contributed by atoms with Crippen molar-refractivity contribution >= 4 is 15.9 Å². The van der Waals surface area contributed by atoms with Crippen molar-refractivity contribution in [3.05, 3.63) is 29.3 Å². The zero-order valence-corrected chi connectivity index (χ0v) is 13.7. The zero-order chi connectivity index (χ0) is 15.8. The summed E-state index contributed by atoms with van der Waals surface area (Å²) in [5.41, 5.74) is 1.73. The molecular formula is C15H22N2O3S. The van der Waals surface area contributed by atoms with Crippen LogP contribution in [0.2, 0.25) is 0 Å². The minimum atomic E-state index is -3.66. The van der Waals surface area contributed by atoms with Crippen LogP contribution in [-0.2, 0) is 14.8 Å². The molecule has 0 aliphatic carbocycles. The van der Waals surface area contributed by atoms with Gasteiger partial charge in [-0.05, 0) is 31.4 Å². The molecule has 5 nitrogen and oxygen atoms in total. The summed E-state index contributed by atoms with van der Waals surface area (Å²) < 4.78 is 27.2. The van der Waals surface area contributed by atoms with Gasteiger partial charge in [-0.15, -0.1) is 0 Å². The van der Waals surface area contributed by atoms with Crippen LogP contribution >= 0.6 is 0 Å². The van der Waals surface area contributed by atoms with E-state index in [2.05, 4.69) is 5.32 Å². The standard InChI is InChI=1S/C15H22N2O3S/c1-10(2)14-15(18)16-7-8-17(14)21(19,20)13-6-5-11(3)9-12(13)4/h5-6,9-10,14H,7-8H2,1-4H3,(H,16,18). The summed E-state index contributed by atoms with van der Waals surface area (Å²) in [4.78, 5) is 12.3. The maximum atomic E-state index is 12.9. The SMILES string of the molecule is Cc1ccc(S(=O)(=O)N2CCNC(=O)C2C(C)C)c(C)c1. The summed E-state index contributed by atoms with van der Waals surface area (Å²) in [5, 5.41) is 2.75. The molecule has 1 fully saturated rings. The van der Waals surface area contributed by atoms with Gasteiger partial charge in [0.25, 0.3) is 0 Å². The Kier molecular flexibility index (Phi) is 4.39. The Morgan fingerprint density at radius 3 is 2.52 bits per heavy atom. The van der Waals surface area contributed by atoms with Crippen LogP contribution in [0, 0.1) is 19.8 Å². The van der Waals surface area contributed by atoms with Gasteiger partial charge in [-0.3, -0.25) is 4.79 Å². The first-order valence-corrected chi connectivity index (χ1v) is 8.56. The number of aryl methyl sites for hydroxylation is 2. The lowest BCUT2D eigenvalue weighted by Crippen LogP contribution is -2.59. The highest BCUT2D eigenvalue weighted by Gasteiger charge is 2.40. The molecule has 1 aromatic rings. The molecule has 6 heteroatoms. The Bertz CT molecular complexity index is 653. The summed E-state index contributed by atoms with van der Waals surface area (Å²) >= 11 is 0. The van der Waals surface area contributed by atoms with Gasteiger partial charge in [0.2, 0.25) is 15.9 Å². The van der Waals surface area contributed by atoms with Crippen LogP contribution in [0.25, 0.3) is 0 Å². The number of hydrogen-bond donors (Lipinski definition) is 1. The van der Waals surface area contributed by atoms with Crippen LogP contribution in [0.3, 0.4) is 0 Å². The summed E-state index contributed by atoms with van der Waals surface area (Å²) in [5.74, 6) is -0.296. The van der Waals surface area contributed by atoms with Gasteiger partial charge in [-0.2, -0.15) is 4.31 Å². The molecule has 1 amide bonds. The van der Waals surface area contributed by atoms with E-state index in [4.69, 9.17) is 0 Å². The van der Waals surface area contributed by atoms with Crippen molar-refractivity contribution in [2.45, 2.75) is 38.6 Å². The van der Waals surface area contributed by atoms with Gasteiger partial charge in [-0.25, -0.2) is 8.42 Å². The van der Waals surface area contributed by atoms with E-state index in [1.807, 2.05) is 26.8 Å². The highest BCUT2D eigenvalue weighted by molar-refractivity contribution is 7.89. The summed E-state index contributed by atoms with van der Waals surface area (Å²) in [6.45, 7) is 8.10. The summed E-state index contributed by atoms with van der Waals surface area (Å²) in [6, 6.07) is 4.61. The predicted molar refractivity (Wildman–Crippen MR) is 81.4 cm³/mol. The Morgan fingerprint density at radius 2 is 1.95 bits per heavy atom. The van der Waals surface area contributed by atoms with Gasteiger partial charge in [0.1, 0.15) is 6.04 Å². The van der Waals surface area contributed by atoms with Crippen LogP contribution in [-0.4, -0.2) is 37.8 Å². The molecule has 1 aliphatic rings. The fourth-order valence-corrected chi connectivity index (χ4v) is 4.71. The second kappa shape index (κ2) is 5.77. The lowest BCUT2D eigenvalue weighted by atomic mass is 10.0. The third kappa shape index (κ3) is 2.96. The van der Waals surface area contributed by atoms with Gasteiger partial charge in [0.05, 0.1) is 4.90 Å². The molecule has 0 radical (unpaired) electrons. The Balaban J connectivity index is 2.48. The first kappa shape index (κ1) is 16.0. The monoisotopic (exact) mass is 310 g/mol. The first-order valence-electron chi connectivity index (χ1n) is 7.12. The number of rotatable bonds is 3. The van der Waals surface area contributed by atoms with Crippen molar-refractivity contribution in [3.63, 3.8) is 0 Å². The van der Waals surface area contributed by atoms with Crippen molar-refractivity contribution in [1.82, 2.24) is 9.62 Å². The highest BCUT2D eigenvalue weighted by atomic mass is 32.2. The van der Waals surface area contributed by atoms with Crippen molar-refractivity contribution in [1.29, 1.82) is 0 Å². The molecule has 1 saturated heterocycles. The minimum Gasteiger partial charge on any atom is -0.353 e. The van der Waals surface area contributed by atoms with Gasteiger partial charge in [0.15, 0.2) is 0 Å². The number of nitrogens with one attached hydrogen (secondary N) is 1. The van der Waals surface area contributed by atoms with Crippen LogP contribution in [0.1, 0.15) is 25.0 Å². The van der Waals surface area contributed by atoms with Crippen molar-refractivity contribution in [2.24, 2.45) is 5.92 Å². The zero-order valence-electron chi connectivity index (χ0n) is 12.9. The first-order chi connectivity index (χ1) is 9.75. The molecule has 0 bridgehead atoms. The Labute approximate surface area is 126 Å². The predicted octanol–water partition coefficient (Wildman–Crippen LogP) is 1.45. The van der Waals surface area contributed by atoms with E-state index in [0.29, 0.717) is 18.7 Å². The molecule has 0 aromatic heterocycles. The number of amides is 1. The molecule has 1 aromatic carbocycles. The van der Waals surface area contributed by atoms with Crippen molar-refractivity contribution in [2.75, 3.05) is 13.1 Å².